The molecule has 1 aromatic heterocycles. The highest BCUT2D eigenvalue weighted by molar-refractivity contribution is 5.89. The number of carboxylic acids is 1. The Kier molecular flexibility index (Phi) is 2.60. The minimum Gasteiger partial charge on any atom is -0.478 e. The zero-order chi connectivity index (χ0) is 12.5. The molecular weight excluding hydrogens is 230 g/mol. The molecule has 18 heavy (non-hydrogen) atoms. The molecule has 0 fully saturated rings. The van der Waals surface area contributed by atoms with Gasteiger partial charge in [-0.1, -0.05) is 12.1 Å². The summed E-state index contributed by atoms with van der Waals surface area (Å²) in [6.45, 7) is 1.73. The molecule has 0 amide bonds. The number of fused-ring (bicyclic) bond motifs is 1. The molecule has 3 rings (SSSR count). The van der Waals surface area contributed by atoms with Crippen LogP contribution in [0.2, 0.25) is 0 Å². The molecule has 0 bridgehead atoms. The molecule has 2 aromatic rings. The maximum absolute atomic E-state index is 10.9. The van der Waals surface area contributed by atoms with Crippen LogP contribution in [0.1, 0.15) is 21.7 Å². The number of aromatic amines is 1. The first-order valence-corrected chi connectivity index (χ1v) is 5.86. The van der Waals surface area contributed by atoms with Crippen LogP contribution in [0.25, 0.3) is 11.4 Å². The van der Waals surface area contributed by atoms with Crippen LogP contribution in [0.4, 0.5) is 0 Å². The second-order valence-electron chi connectivity index (χ2n) is 4.32. The molecule has 0 spiro atoms. The van der Waals surface area contributed by atoms with Crippen LogP contribution in [0.15, 0.2) is 24.3 Å². The summed E-state index contributed by atoms with van der Waals surface area (Å²) in [6, 6.07) is 6.82. The number of rotatable bonds is 2. The fraction of sp³-hybridized carbons (Fsp3) is 0.231. The van der Waals surface area contributed by atoms with Gasteiger partial charge in [-0.2, -0.15) is 0 Å². The van der Waals surface area contributed by atoms with Crippen molar-refractivity contribution in [2.75, 3.05) is 6.54 Å². The number of aromatic carboxylic acids is 1. The van der Waals surface area contributed by atoms with E-state index in [0.29, 0.717) is 0 Å². The lowest BCUT2D eigenvalue weighted by Crippen LogP contribution is -2.23. The van der Waals surface area contributed by atoms with Gasteiger partial charge in [-0.05, 0) is 12.1 Å². The third-order valence-corrected chi connectivity index (χ3v) is 3.09. The molecule has 1 aliphatic heterocycles. The summed E-state index contributed by atoms with van der Waals surface area (Å²) in [5.41, 5.74) is 3.26. The topological polar surface area (TPSA) is 78.0 Å². The van der Waals surface area contributed by atoms with Gasteiger partial charge >= 0.3 is 5.97 Å². The van der Waals surface area contributed by atoms with E-state index in [0.717, 1.165) is 42.3 Å². The molecule has 5 nitrogen and oxygen atoms in total. The van der Waals surface area contributed by atoms with E-state index in [1.54, 1.807) is 18.2 Å². The summed E-state index contributed by atoms with van der Waals surface area (Å²) in [4.78, 5) is 18.7. The number of nitrogens with zero attached hydrogens (tertiary/aromatic N) is 1. The van der Waals surface area contributed by atoms with Crippen molar-refractivity contribution >= 4 is 5.97 Å². The monoisotopic (exact) mass is 243 g/mol. The molecule has 3 N–H and O–H groups in total. The van der Waals surface area contributed by atoms with Crippen molar-refractivity contribution in [1.82, 2.24) is 15.3 Å². The number of nitrogens with one attached hydrogen (secondary N) is 2. The minimum atomic E-state index is -0.921. The number of carboxylic acid groups (broad SMARTS) is 1. The highest BCUT2D eigenvalue weighted by Gasteiger charge is 2.15. The molecule has 92 valence electrons. The number of carbonyl (C=O) groups is 1. The fourth-order valence-corrected chi connectivity index (χ4v) is 2.15. The van der Waals surface area contributed by atoms with Crippen LogP contribution in [0.5, 0.6) is 0 Å². The number of benzene rings is 1. The Morgan fingerprint density at radius 2 is 2.28 bits per heavy atom. The lowest BCUT2D eigenvalue weighted by atomic mass is 10.1. The molecule has 5 heteroatoms. The van der Waals surface area contributed by atoms with E-state index in [1.165, 1.54) is 0 Å². The molecule has 1 aromatic carbocycles. The molecule has 0 aliphatic carbocycles. The van der Waals surface area contributed by atoms with Crippen molar-refractivity contribution in [3.8, 4) is 11.4 Å². The predicted octanol–water partition coefficient (Wildman–Crippen LogP) is 1.42. The Labute approximate surface area is 104 Å². The maximum Gasteiger partial charge on any atom is 0.335 e. The highest BCUT2D eigenvalue weighted by atomic mass is 16.4. The Hall–Kier alpha value is -2.14. The van der Waals surface area contributed by atoms with Gasteiger partial charge in [0.05, 0.1) is 17.0 Å². The van der Waals surface area contributed by atoms with Crippen LogP contribution in [0, 0.1) is 0 Å². The summed E-state index contributed by atoms with van der Waals surface area (Å²) in [5, 5.41) is 12.2. The third kappa shape index (κ3) is 1.89. The Bertz CT molecular complexity index is 581. The first kappa shape index (κ1) is 11.0. The summed E-state index contributed by atoms with van der Waals surface area (Å²) in [5.74, 6) is -0.179. The van der Waals surface area contributed by atoms with Gasteiger partial charge in [-0.15, -0.1) is 0 Å². The lowest BCUT2D eigenvalue weighted by Gasteiger charge is -2.09. The van der Waals surface area contributed by atoms with E-state index in [-0.39, 0.29) is 5.56 Å². The van der Waals surface area contributed by atoms with Crippen molar-refractivity contribution < 1.29 is 9.90 Å². The van der Waals surface area contributed by atoms with E-state index < -0.39 is 5.97 Å². The summed E-state index contributed by atoms with van der Waals surface area (Å²) >= 11 is 0. The first-order valence-electron chi connectivity index (χ1n) is 5.86. The number of hydrogen-bond acceptors (Lipinski definition) is 3. The number of H-pyrrole nitrogens is 1. The molecule has 0 unspecified atom stereocenters. The number of hydrogen-bond donors (Lipinski definition) is 3. The third-order valence-electron chi connectivity index (χ3n) is 3.09. The number of imidazole rings is 1. The summed E-state index contributed by atoms with van der Waals surface area (Å²) < 4.78 is 0. The van der Waals surface area contributed by atoms with Gasteiger partial charge < -0.3 is 15.4 Å². The van der Waals surface area contributed by atoms with E-state index in [9.17, 15) is 4.79 Å². The molecule has 0 atom stereocenters. The van der Waals surface area contributed by atoms with Gasteiger partial charge in [0, 0.05) is 25.1 Å². The van der Waals surface area contributed by atoms with Crippen LogP contribution in [-0.4, -0.2) is 27.6 Å². The van der Waals surface area contributed by atoms with Gasteiger partial charge in [0.2, 0.25) is 0 Å². The van der Waals surface area contributed by atoms with Crippen LogP contribution in [-0.2, 0) is 13.0 Å². The van der Waals surface area contributed by atoms with Crippen molar-refractivity contribution in [3.05, 3.63) is 41.2 Å². The molecule has 0 saturated carbocycles. The smallest absolute Gasteiger partial charge is 0.335 e. The normalized spacial score (nSPS) is 14.2. The first-order chi connectivity index (χ1) is 8.74. The quantitative estimate of drug-likeness (QED) is 0.745. The predicted molar refractivity (Wildman–Crippen MR) is 66.4 cm³/mol. The Morgan fingerprint density at radius 3 is 3.06 bits per heavy atom. The average molecular weight is 243 g/mol. The Balaban J connectivity index is 2.01. The second kappa shape index (κ2) is 4.27. The highest BCUT2D eigenvalue weighted by Crippen LogP contribution is 2.21. The van der Waals surface area contributed by atoms with E-state index in [1.807, 2.05) is 6.07 Å². The maximum atomic E-state index is 10.9. The molecular formula is C13H13N3O2. The van der Waals surface area contributed by atoms with Crippen molar-refractivity contribution in [2.45, 2.75) is 13.0 Å². The van der Waals surface area contributed by atoms with Gasteiger partial charge in [-0.3, -0.25) is 0 Å². The van der Waals surface area contributed by atoms with Crippen LogP contribution in [0.3, 0.4) is 0 Å². The zero-order valence-corrected chi connectivity index (χ0v) is 9.73. The van der Waals surface area contributed by atoms with E-state index >= 15 is 0 Å². The van der Waals surface area contributed by atoms with Gasteiger partial charge in [0.15, 0.2) is 0 Å². The Morgan fingerprint density at radius 1 is 1.39 bits per heavy atom. The van der Waals surface area contributed by atoms with Crippen molar-refractivity contribution in [2.24, 2.45) is 0 Å². The fourth-order valence-electron chi connectivity index (χ4n) is 2.15. The second-order valence-corrected chi connectivity index (χ2v) is 4.32. The molecule has 0 saturated heterocycles. The molecule has 1 aliphatic rings. The largest absolute Gasteiger partial charge is 0.478 e. The SMILES string of the molecule is O=C(O)c1cccc(-c2nc3c([nH]2)CNCC3)c1. The van der Waals surface area contributed by atoms with E-state index in [2.05, 4.69) is 15.3 Å². The zero-order valence-electron chi connectivity index (χ0n) is 9.73. The summed E-state index contributed by atoms with van der Waals surface area (Å²) in [7, 11) is 0. The van der Waals surface area contributed by atoms with Crippen LogP contribution >= 0.6 is 0 Å². The van der Waals surface area contributed by atoms with Gasteiger partial charge in [0.25, 0.3) is 0 Å². The van der Waals surface area contributed by atoms with Crippen molar-refractivity contribution in [1.29, 1.82) is 0 Å². The molecule has 0 radical (unpaired) electrons. The molecule has 2 heterocycles. The van der Waals surface area contributed by atoms with Gasteiger partial charge in [-0.25, -0.2) is 9.78 Å². The standard InChI is InChI=1S/C13H13N3O2/c17-13(18)9-3-1-2-8(6-9)12-15-10-4-5-14-7-11(10)16-12/h1-3,6,14H,4-5,7H2,(H,15,16)(H,17,18). The van der Waals surface area contributed by atoms with Crippen molar-refractivity contribution in [3.63, 3.8) is 0 Å². The minimum absolute atomic E-state index is 0.278. The van der Waals surface area contributed by atoms with E-state index in [4.69, 9.17) is 5.11 Å². The number of aromatic nitrogens is 2. The van der Waals surface area contributed by atoms with Gasteiger partial charge in [0.1, 0.15) is 5.82 Å². The average Bonchev–Trinajstić information content (AvgIpc) is 2.82. The van der Waals surface area contributed by atoms with Crippen LogP contribution < -0.4 is 5.32 Å². The summed E-state index contributed by atoms with van der Waals surface area (Å²) in [6.07, 6.45) is 0.907. The lowest BCUT2D eigenvalue weighted by molar-refractivity contribution is 0.0697.